The zero-order valence-corrected chi connectivity index (χ0v) is 6.04. The lowest BCUT2D eigenvalue weighted by Gasteiger charge is -1.99. The number of aromatic nitrogens is 2. The molecule has 0 N–H and O–H groups in total. The monoisotopic (exact) mass is 134 g/mol. The average molecular weight is 134 g/mol. The van der Waals surface area contributed by atoms with E-state index in [0.717, 1.165) is 6.42 Å². The van der Waals surface area contributed by atoms with E-state index in [2.05, 4.69) is 16.9 Å². The molecule has 0 radical (unpaired) electrons. The first-order chi connectivity index (χ1) is 4.88. The van der Waals surface area contributed by atoms with Gasteiger partial charge >= 0.3 is 0 Å². The summed E-state index contributed by atoms with van der Waals surface area (Å²) in [6, 6.07) is 0. The second kappa shape index (κ2) is 2.04. The van der Waals surface area contributed by atoms with Crippen molar-refractivity contribution < 1.29 is 0 Å². The highest BCUT2D eigenvalue weighted by Gasteiger charge is 2.18. The SMILES string of the molecule is C[C@@H]1CCc2cncnc21. The van der Waals surface area contributed by atoms with Gasteiger partial charge in [0.25, 0.3) is 0 Å². The third-order valence-electron chi connectivity index (χ3n) is 2.14. The molecule has 0 saturated heterocycles. The number of nitrogens with zero attached hydrogens (tertiary/aromatic N) is 2. The Balaban J connectivity index is 2.51. The molecule has 2 nitrogen and oxygen atoms in total. The van der Waals surface area contributed by atoms with Crippen LogP contribution in [0.15, 0.2) is 12.5 Å². The predicted molar refractivity (Wildman–Crippen MR) is 38.8 cm³/mol. The molecule has 0 amide bonds. The van der Waals surface area contributed by atoms with Crippen LogP contribution in [-0.4, -0.2) is 9.97 Å². The summed E-state index contributed by atoms with van der Waals surface area (Å²) in [7, 11) is 0. The maximum absolute atomic E-state index is 4.23. The largest absolute Gasteiger partial charge is 0.245 e. The first-order valence-electron chi connectivity index (χ1n) is 3.66. The smallest absolute Gasteiger partial charge is 0.115 e. The number of hydrogen-bond acceptors (Lipinski definition) is 2. The van der Waals surface area contributed by atoms with Gasteiger partial charge in [-0.3, -0.25) is 0 Å². The van der Waals surface area contributed by atoms with E-state index in [4.69, 9.17) is 0 Å². The van der Waals surface area contributed by atoms with Crippen LogP contribution >= 0.6 is 0 Å². The summed E-state index contributed by atoms with van der Waals surface area (Å²) >= 11 is 0. The van der Waals surface area contributed by atoms with Crippen LogP contribution < -0.4 is 0 Å². The van der Waals surface area contributed by atoms with Gasteiger partial charge in [0.2, 0.25) is 0 Å². The molecule has 1 aromatic heterocycles. The van der Waals surface area contributed by atoms with Gasteiger partial charge in [0.15, 0.2) is 0 Å². The molecule has 0 bridgehead atoms. The van der Waals surface area contributed by atoms with Crippen LogP contribution in [-0.2, 0) is 6.42 Å². The first kappa shape index (κ1) is 5.83. The van der Waals surface area contributed by atoms with Crippen LogP contribution in [0.2, 0.25) is 0 Å². The summed E-state index contributed by atoms with van der Waals surface area (Å²) in [6.45, 7) is 2.22. The summed E-state index contributed by atoms with van der Waals surface area (Å²) in [5.74, 6) is 0.651. The summed E-state index contributed by atoms with van der Waals surface area (Å²) in [6.07, 6.45) is 5.98. The fourth-order valence-electron chi connectivity index (χ4n) is 1.51. The molecule has 0 fully saturated rings. The van der Waals surface area contributed by atoms with Gasteiger partial charge in [-0.2, -0.15) is 0 Å². The van der Waals surface area contributed by atoms with Crippen molar-refractivity contribution in [2.24, 2.45) is 0 Å². The second-order valence-corrected chi connectivity index (χ2v) is 2.87. The minimum atomic E-state index is 0.651. The van der Waals surface area contributed by atoms with Crippen molar-refractivity contribution in [1.29, 1.82) is 0 Å². The van der Waals surface area contributed by atoms with E-state index >= 15 is 0 Å². The van der Waals surface area contributed by atoms with Crippen LogP contribution in [0.25, 0.3) is 0 Å². The van der Waals surface area contributed by atoms with Crippen molar-refractivity contribution in [3.63, 3.8) is 0 Å². The summed E-state index contributed by atoms with van der Waals surface area (Å²) in [5, 5.41) is 0. The van der Waals surface area contributed by atoms with Crippen LogP contribution in [0.5, 0.6) is 0 Å². The van der Waals surface area contributed by atoms with Crippen molar-refractivity contribution in [1.82, 2.24) is 9.97 Å². The van der Waals surface area contributed by atoms with Crippen LogP contribution in [0.1, 0.15) is 30.5 Å². The molecule has 0 spiro atoms. The van der Waals surface area contributed by atoms with Crippen molar-refractivity contribution >= 4 is 0 Å². The van der Waals surface area contributed by atoms with Gasteiger partial charge in [-0.1, -0.05) is 6.92 Å². The van der Waals surface area contributed by atoms with E-state index in [9.17, 15) is 0 Å². The predicted octanol–water partition coefficient (Wildman–Crippen LogP) is 1.53. The summed E-state index contributed by atoms with van der Waals surface area (Å²) in [5.41, 5.74) is 2.60. The molecule has 0 saturated carbocycles. The normalized spacial score (nSPS) is 22.7. The highest BCUT2D eigenvalue weighted by Crippen LogP contribution is 2.29. The number of hydrogen-bond donors (Lipinski definition) is 0. The molecule has 1 aliphatic carbocycles. The van der Waals surface area contributed by atoms with Gasteiger partial charge in [0.1, 0.15) is 6.33 Å². The van der Waals surface area contributed by atoms with E-state index in [1.54, 1.807) is 6.33 Å². The van der Waals surface area contributed by atoms with Gasteiger partial charge < -0.3 is 0 Å². The first-order valence-corrected chi connectivity index (χ1v) is 3.66. The van der Waals surface area contributed by atoms with Crippen LogP contribution in [0, 0.1) is 0 Å². The fourth-order valence-corrected chi connectivity index (χ4v) is 1.51. The molecule has 1 heterocycles. The van der Waals surface area contributed by atoms with Gasteiger partial charge in [-0.15, -0.1) is 0 Å². The Bertz CT molecular complexity index is 245. The topological polar surface area (TPSA) is 25.8 Å². The number of fused-ring (bicyclic) bond motifs is 1. The van der Waals surface area contributed by atoms with Crippen molar-refractivity contribution in [3.05, 3.63) is 23.8 Å². The number of aryl methyl sites for hydroxylation is 1. The maximum Gasteiger partial charge on any atom is 0.115 e. The van der Waals surface area contributed by atoms with Gasteiger partial charge in [0, 0.05) is 11.9 Å². The lowest BCUT2D eigenvalue weighted by molar-refractivity contribution is 0.730. The molecule has 0 unspecified atom stereocenters. The van der Waals surface area contributed by atoms with E-state index in [-0.39, 0.29) is 0 Å². The Kier molecular flexibility index (Phi) is 1.19. The average Bonchev–Trinajstić information content (AvgIpc) is 2.34. The minimum absolute atomic E-state index is 0.651. The molecule has 1 aromatic rings. The molecule has 0 aliphatic heterocycles. The second-order valence-electron chi connectivity index (χ2n) is 2.87. The molecular weight excluding hydrogens is 124 g/mol. The molecule has 1 atom stereocenters. The lowest BCUT2D eigenvalue weighted by Crippen LogP contribution is -1.91. The minimum Gasteiger partial charge on any atom is -0.245 e. The maximum atomic E-state index is 4.23. The van der Waals surface area contributed by atoms with Crippen molar-refractivity contribution in [3.8, 4) is 0 Å². The fraction of sp³-hybridized carbons (Fsp3) is 0.500. The third kappa shape index (κ3) is 0.719. The Morgan fingerprint density at radius 3 is 3.30 bits per heavy atom. The highest BCUT2D eigenvalue weighted by atomic mass is 14.8. The number of rotatable bonds is 0. The van der Waals surface area contributed by atoms with Crippen molar-refractivity contribution in [2.45, 2.75) is 25.7 Å². The van der Waals surface area contributed by atoms with E-state index in [0.29, 0.717) is 5.92 Å². The van der Waals surface area contributed by atoms with Crippen LogP contribution in [0.3, 0.4) is 0 Å². The van der Waals surface area contributed by atoms with Gasteiger partial charge in [-0.05, 0) is 24.3 Å². The zero-order chi connectivity index (χ0) is 6.97. The Morgan fingerprint density at radius 2 is 2.50 bits per heavy atom. The Labute approximate surface area is 60.3 Å². The molecule has 10 heavy (non-hydrogen) atoms. The summed E-state index contributed by atoms with van der Waals surface area (Å²) in [4.78, 5) is 8.21. The standard InChI is InChI=1S/C8H10N2/c1-6-2-3-7-4-9-5-10-8(6)7/h4-6H,2-3H2,1H3/t6-/m1/s1. The van der Waals surface area contributed by atoms with E-state index < -0.39 is 0 Å². The Morgan fingerprint density at radius 1 is 1.60 bits per heavy atom. The molecule has 2 rings (SSSR count). The molecule has 1 aliphatic rings. The molecule has 0 aromatic carbocycles. The highest BCUT2D eigenvalue weighted by molar-refractivity contribution is 5.24. The van der Waals surface area contributed by atoms with Gasteiger partial charge in [0.05, 0.1) is 0 Å². The zero-order valence-electron chi connectivity index (χ0n) is 6.04. The van der Waals surface area contributed by atoms with E-state index in [1.807, 2.05) is 6.20 Å². The molecule has 2 heteroatoms. The molecule has 52 valence electrons. The van der Waals surface area contributed by atoms with Crippen LogP contribution in [0.4, 0.5) is 0 Å². The summed E-state index contributed by atoms with van der Waals surface area (Å²) < 4.78 is 0. The van der Waals surface area contributed by atoms with Gasteiger partial charge in [-0.25, -0.2) is 9.97 Å². The third-order valence-corrected chi connectivity index (χ3v) is 2.14. The van der Waals surface area contributed by atoms with Crippen molar-refractivity contribution in [2.75, 3.05) is 0 Å². The lowest BCUT2D eigenvalue weighted by atomic mass is 10.1. The molecular formula is C8H10N2. The van der Waals surface area contributed by atoms with E-state index in [1.165, 1.54) is 17.7 Å². The quantitative estimate of drug-likeness (QED) is 0.537. The Hall–Kier alpha value is -0.920.